The topological polar surface area (TPSA) is 64.1 Å². The van der Waals surface area contributed by atoms with Crippen molar-refractivity contribution in [1.82, 2.24) is 9.97 Å². The molecular formula is C13H12ClN3O2. The molecule has 0 saturated heterocycles. The van der Waals surface area contributed by atoms with E-state index in [4.69, 9.17) is 16.3 Å². The molecule has 1 aromatic carbocycles. The number of halogens is 1. The van der Waals surface area contributed by atoms with Gasteiger partial charge in [-0.25, -0.2) is 4.98 Å². The molecule has 5 nitrogen and oxygen atoms in total. The molecule has 0 saturated carbocycles. The number of nitrogens with one attached hydrogen (secondary N) is 1. The molecule has 1 heterocycles. The van der Waals surface area contributed by atoms with E-state index in [1.807, 2.05) is 30.3 Å². The number of anilines is 1. The molecule has 2 aromatic rings. The van der Waals surface area contributed by atoms with Crippen molar-refractivity contribution in [2.24, 2.45) is 0 Å². The van der Waals surface area contributed by atoms with Crippen molar-refractivity contribution in [2.45, 2.75) is 13.5 Å². The molecule has 6 heteroatoms. The highest BCUT2D eigenvalue weighted by molar-refractivity contribution is 6.29. The molecule has 1 N–H and O–H groups in total. The van der Waals surface area contributed by atoms with Crippen molar-refractivity contribution < 1.29 is 9.53 Å². The Kier molecular flexibility index (Phi) is 4.30. The zero-order chi connectivity index (χ0) is 13.7. The number of hydrogen-bond donors (Lipinski definition) is 1. The first-order valence-electron chi connectivity index (χ1n) is 5.62. The molecule has 0 aliphatic heterocycles. The molecule has 19 heavy (non-hydrogen) atoms. The van der Waals surface area contributed by atoms with Gasteiger partial charge in [-0.1, -0.05) is 41.9 Å². The normalized spacial score (nSPS) is 10.0. The zero-order valence-electron chi connectivity index (χ0n) is 10.3. The first-order chi connectivity index (χ1) is 9.15. The summed E-state index contributed by atoms with van der Waals surface area (Å²) < 4.78 is 5.53. The second-order valence-corrected chi connectivity index (χ2v) is 4.19. The Morgan fingerprint density at radius 2 is 2.11 bits per heavy atom. The lowest BCUT2D eigenvalue weighted by molar-refractivity contribution is -0.114. The standard InChI is InChI=1S/C13H12ClN3O2/c1-9(18)16-12-13(17-11(14)7-15-12)19-8-10-5-3-2-4-6-10/h2-7H,8H2,1H3,(H,15,16,18). The number of hydrogen-bond acceptors (Lipinski definition) is 4. The smallest absolute Gasteiger partial charge is 0.259 e. The summed E-state index contributed by atoms with van der Waals surface area (Å²) in [6.45, 7) is 1.71. The average Bonchev–Trinajstić information content (AvgIpc) is 2.40. The van der Waals surface area contributed by atoms with Crippen molar-refractivity contribution in [1.29, 1.82) is 0 Å². The first kappa shape index (κ1) is 13.3. The van der Waals surface area contributed by atoms with Gasteiger partial charge in [0.15, 0.2) is 11.0 Å². The summed E-state index contributed by atoms with van der Waals surface area (Å²) in [6.07, 6.45) is 1.35. The van der Waals surface area contributed by atoms with E-state index in [2.05, 4.69) is 15.3 Å². The highest BCUT2D eigenvalue weighted by atomic mass is 35.5. The molecule has 98 valence electrons. The van der Waals surface area contributed by atoms with Crippen LogP contribution in [0.5, 0.6) is 5.88 Å². The summed E-state index contributed by atoms with van der Waals surface area (Å²) in [5.74, 6) is 0.209. The Morgan fingerprint density at radius 1 is 1.37 bits per heavy atom. The predicted molar refractivity (Wildman–Crippen MR) is 72.1 cm³/mol. The van der Waals surface area contributed by atoms with Gasteiger partial charge >= 0.3 is 0 Å². The van der Waals surface area contributed by atoms with Gasteiger partial charge in [0.1, 0.15) is 6.61 Å². The molecule has 0 spiro atoms. The van der Waals surface area contributed by atoms with Crippen LogP contribution in [0.2, 0.25) is 5.15 Å². The van der Waals surface area contributed by atoms with Gasteiger partial charge in [-0.3, -0.25) is 4.79 Å². The molecule has 0 fully saturated rings. The molecule has 0 atom stereocenters. The van der Waals surface area contributed by atoms with Gasteiger partial charge in [0.05, 0.1) is 6.20 Å². The molecule has 1 aromatic heterocycles. The fraction of sp³-hybridized carbons (Fsp3) is 0.154. The third kappa shape index (κ3) is 3.93. The van der Waals surface area contributed by atoms with Crippen LogP contribution in [0.1, 0.15) is 12.5 Å². The SMILES string of the molecule is CC(=O)Nc1ncc(Cl)nc1OCc1ccccc1. The van der Waals surface area contributed by atoms with Crippen molar-refractivity contribution >= 4 is 23.3 Å². The van der Waals surface area contributed by atoms with Crippen LogP contribution >= 0.6 is 11.6 Å². The van der Waals surface area contributed by atoms with E-state index < -0.39 is 0 Å². The third-order valence-electron chi connectivity index (χ3n) is 2.22. The average molecular weight is 278 g/mol. The van der Waals surface area contributed by atoms with Crippen LogP contribution < -0.4 is 10.1 Å². The highest BCUT2D eigenvalue weighted by Crippen LogP contribution is 2.22. The number of ether oxygens (including phenoxy) is 1. The highest BCUT2D eigenvalue weighted by Gasteiger charge is 2.10. The fourth-order valence-corrected chi connectivity index (χ4v) is 1.56. The van der Waals surface area contributed by atoms with E-state index in [-0.39, 0.29) is 22.8 Å². The Labute approximate surface area is 115 Å². The maximum atomic E-state index is 11.1. The van der Waals surface area contributed by atoms with Crippen LogP contribution in [-0.2, 0) is 11.4 Å². The van der Waals surface area contributed by atoms with Crippen LogP contribution in [0, 0.1) is 0 Å². The van der Waals surface area contributed by atoms with Crippen LogP contribution in [0.15, 0.2) is 36.5 Å². The molecule has 0 bridgehead atoms. The van der Waals surface area contributed by atoms with Gasteiger partial charge in [-0.15, -0.1) is 0 Å². The summed E-state index contributed by atoms with van der Waals surface area (Å²) in [6, 6.07) is 9.60. The minimum absolute atomic E-state index is 0.201. The van der Waals surface area contributed by atoms with Crippen molar-refractivity contribution in [3.05, 3.63) is 47.2 Å². The van der Waals surface area contributed by atoms with E-state index in [0.717, 1.165) is 5.56 Å². The molecule has 0 radical (unpaired) electrons. The lowest BCUT2D eigenvalue weighted by Gasteiger charge is -2.09. The number of amides is 1. The summed E-state index contributed by atoms with van der Waals surface area (Å²) in [5.41, 5.74) is 0.984. The van der Waals surface area contributed by atoms with Gasteiger partial charge in [0.25, 0.3) is 5.88 Å². The summed E-state index contributed by atoms with van der Waals surface area (Å²) in [4.78, 5) is 19.0. The quantitative estimate of drug-likeness (QED) is 0.933. The summed E-state index contributed by atoms with van der Waals surface area (Å²) in [7, 11) is 0. The Hall–Kier alpha value is -2.14. The van der Waals surface area contributed by atoms with Crippen LogP contribution in [0.3, 0.4) is 0 Å². The monoisotopic (exact) mass is 277 g/mol. The zero-order valence-corrected chi connectivity index (χ0v) is 11.0. The largest absolute Gasteiger partial charge is 0.470 e. The van der Waals surface area contributed by atoms with Gasteiger partial charge in [0.2, 0.25) is 5.91 Å². The summed E-state index contributed by atoms with van der Waals surface area (Å²) in [5, 5.41) is 2.75. The van der Waals surface area contributed by atoms with Gasteiger partial charge in [-0.05, 0) is 5.56 Å². The third-order valence-corrected chi connectivity index (χ3v) is 2.41. The predicted octanol–water partition coefficient (Wildman–Crippen LogP) is 2.67. The van der Waals surface area contributed by atoms with E-state index in [0.29, 0.717) is 6.61 Å². The van der Waals surface area contributed by atoms with Crippen molar-refractivity contribution in [3.8, 4) is 5.88 Å². The number of carbonyl (C=O) groups is 1. The van der Waals surface area contributed by atoms with Gasteiger partial charge in [-0.2, -0.15) is 4.98 Å². The minimum Gasteiger partial charge on any atom is -0.470 e. The summed E-state index contributed by atoms with van der Waals surface area (Å²) >= 11 is 5.77. The Morgan fingerprint density at radius 3 is 2.79 bits per heavy atom. The first-order valence-corrected chi connectivity index (χ1v) is 6.00. The minimum atomic E-state index is -0.249. The fourth-order valence-electron chi connectivity index (χ4n) is 1.43. The molecular weight excluding hydrogens is 266 g/mol. The molecule has 2 rings (SSSR count). The molecule has 0 aliphatic carbocycles. The number of benzene rings is 1. The van der Waals surface area contributed by atoms with Crippen LogP contribution in [-0.4, -0.2) is 15.9 Å². The van der Waals surface area contributed by atoms with Crippen LogP contribution in [0.25, 0.3) is 0 Å². The number of rotatable bonds is 4. The molecule has 0 aliphatic rings. The number of carbonyl (C=O) groups excluding carboxylic acids is 1. The Bertz CT molecular complexity index is 575. The molecule has 1 amide bonds. The van der Waals surface area contributed by atoms with Gasteiger partial charge < -0.3 is 10.1 Å². The maximum Gasteiger partial charge on any atom is 0.259 e. The van der Waals surface area contributed by atoms with Crippen molar-refractivity contribution in [2.75, 3.05) is 5.32 Å². The maximum absolute atomic E-state index is 11.1. The van der Waals surface area contributed by atoms with Gasteiger partial charge in [0, 0.05) is 6.92 Å². The lowest BCUT2D eigenvalue weighted by atomic mass is 10.2. The van der Waals surface area contributed by atoms with E-state index in [1.54, 1.807) is 0 Å². The number of nitrogens with zero attached hydrogens (tertiary/aromatic N) is 2. The van der Waals surface area contributed by atoms with E-state index >= 15 is 0 Å². The van der Waals surface area contributed by atoms with Crippen molar-refractivity contribution in [3.63, 3.8) is 0 Å². The second kappa shape index (κ2) is 6.15. The van der Waals surface area contributed by atoms with E-state index in [9.17, 15) is 4.79 Å². The second-order valence-electron chi connectivity index (χ2n) is 3.80. The lowest BCUT2D eigenvalue weighted by Crippen LogP contribution is -2.10. The van der Waals surface area contributed by atoms with E-state index in [1.165, 1.54) is 13.1 Å². The van der Waals surface area contributed by atoms with Crippen LogP contribution in [0.4, 0.5) is 5.82 Å². The number of aromatic nitrogens is 2. The molecule has 0 unspecified atom stereocenters. The Balaban J connectivity index is 2.14.